The van der Waals surface area contributed by atoms with Crippen molar-refractivity contribution in [3.63, 3.8) is 0 Å². The van der Waals surface area contributed by atoms with E-state index in [1.807, 2.05) is 20.8 Å². The molecule has 3 nitrogen and oxygen atoms in total. The molecule has 0 unspecified atom stereocenters. The van der Waals surface area contributed by atoms with E-state index < -0.39 is 11.4 Å². The number of carbonyl (C=O) groups is 2. The van der Waals surface area contributed by atoms with Gasteiger partial charge in [0, 0.05) is 11.0 Å². The standard InChI is InChI=1S/C15H20O3/c1-5-15(3,4)13(16)11-9-7-8-10-12(11)14(17)18-6-2/h7-10H,5-6H2,1-4H3. The molecule has 0 amide bonds. The van der Waals surface area contributed by atoms with E-state index in [0.29, 0.717) is 17.7 Å². The normalized spacial score (nSPS) is 11.1. The largest absolute Gasteiger partial charge is 0.462 e. The predicted molar refractivity (Wildman–Crippen MR) is 70.8 cm³/mol. The van der Waals surface area contributed by atoms with Crippen molar-refractivity contribution in [1.82, 2.24) is 0 Å². The summed E-state index contributed by atoms with van der Waals surface area (Å²) in [4.78, 5) is 24.2. The molecule has 0 fully saturated rings. The van der Waals surface area contributed by atoms with Crippen LogP contribution in [0.4, 0.5) is 0 Å². The second kappa shape index (κ2) is 5.80. The summed E-state index contributed by atoms with van der Waals surface area (Å²) in [5.41, 5.74) is 0.330. The first kappa shape index (κ1) is 14.4. The van der Waals surface area contributed by atoms with Crippen LogP contribution in [-0.4, -0.2) is 18.4 Å². The Morgan fingerprint density at radius 3 is 2.17 bits per heavy atom. The van der Waals surface area contributed by atoms with Crippen LogP contribution >= 0.6 is 0 Å². The number of ether oxygens (including phenoxy) is 1. The lowest BCUT2D eigenvalue weighted by Gasteiger charge is -2.22. The van der Waals surface area contributed by atoms with Gasteiger partial charge in [0.05, 0.1) is 12.2 Å². The molecule has 0 spiro atoms. The number of ketones is 1. The molecule has 18 heavy (non-hydrogen) atoms. The zero-order valence-corrected chi connectivity index (χ0v) is 11.4. The van der Waals surface area contributed by atoms with Gasteiger partial charge in [-0.05, 0) is 19.4 Å². The zero-order valence-electron chi connectivity index (χ0n) is 11.4. The van der Waals surface area contributed by atoms with Crippen LogP contribution < -0.4 is 0 Å². The van der Waals surface area contributed by atoms with Crippen LogP contribution in [-0.2, 0) is 4.74 Å². The average molecular weight is 248 g/mol. The van der Waals surface area contributed by atoms with Crippen LogP contribution in [0, 0.1) is 5.41 Å². The quantitative estimate of drug-likeness (QED) is 0.592. The fourth-order valence-corrected chi connectivity index (χ4v) is 1.59. The van der Waals surface area contributed by atoms with Crippen LogP contribution in [0.5, 0.6) is 0 Å². The lowest BCUT2D eigenvalue weighted by atomic mass is 9.80. The van der Waals surface area contributed by atoms with Crippen molar-refractivity contribution >= 4 is 11.8 Å². The predicted octanol–water partition coefficient (Wildman–Crippen LogP) is 3.48. The molecule has 0 bridgehead atoms. The molecular weight excluding hydrogens is 228 g/mol. The van der Waals surface area contributed by atoms with Crippen molar-refractivity contribution in [2.75, 3.05) is 6.61 Å². The number of rotatable bonds is 5. The van der Waals surface area contributed by atoms with Gasteiger partial charge in [-0.3, -0.25) is 4.79 Å². The first-order valence-electron chi connectivity index (χ1n) is 6.25. The highest BCUT2D eigenvalue weighted by molar-refractivity contribution is 6.08. The third kappa shape index (κ3) is 2.97. The molecule has 0 heterocycles. The topological polar surface area (TPSA) is 43.4 Å². The molecule has 0 saturated heterocycles. The fraction of sp³-hybridized carbons (Fsp3) is 0.467. The molecule has 0 aromatic heterocycles. The SMILES string of the molecule is CCOC(=O)c1ccccc1C(=O)C(C)(C)CC. The number of hydrogen-bond donors (Lipinski definition) is 0. The van der Waals surface area contributed by atoms with Gasteiger partial charge in [0.15, 0.2) is 5.78 Å². The summed E-state index contributed by atoms with van der Waals surface area (Å²) in [7, 11) is 0. The van der Waals surface area contributed by atoms with Gasteiger partial charge < -0.3 is 4.74 Å². The van der Waals surface area contributed by atoms with Crippen LogP contribution in [0.3, 0.4) is 0 Å². The van der Waals surface area contributed by atoms with E-state index in [0.717, 1.165) is 6.42 Å². The minimum absolute atomic E-state index is 0.0198. The molecule has 1 aromatic carbocycles. The van der Waals surface area contributed by atoms with Crippen LogP contribution in [0.2, 0.25) is 0 Å². The minimum atomic E-state index is -0.470. The van der Waals surface area contributed by atoms with Crippen molar-refractivity contribution in [3.8, 4) is 0 Å². The summed E-state index contributed by atoms with van der Waals surface area (Å²) in [6.45, 7) is 7.79. The molecule has 98 valence electrons. The molecule has 0 saturated carbocycles. The van der Waals surface area contributed by atoms with Crippen molar-refractivity contribution in [2.45, 2.75) is 34.1 Å². The first-order chi connectivity index (χ1) is 8.44. The highest BCUT2D eigenvalue weighted by atomic mass is 16.5. The third-order valence-electron chi connectivity index (χ3n) is 3.17. The van der Waals surface area contributed by atoms with Gasteiger partial charge in [-0.15, -0.1) is 0 Å². The van der Waals surface area contributed by atoms with Gasteiger partial charge in [-0.25, -0.2) is 4.79 Å². The molecule has 0 atom stereocenters. The molecular formula is C15H20O3. The van der Waals surface area contributed by atoms with E-state index in [1.54, 1.807) is 31.2 Å². The monoisotopic (exact) mass is 248 g/mol. The lowest BCUT2D eigenvalue weighted by Crippen LogP contribution is -2.25. The Kier molecular flexibility index (Phi) is 4.65. The summed E-state index contributed by atoms with van der Waals surface area (Å²) < 4.78 is 4.97. The van der Waals surface area contributed by atoms with Gasteiger partial charge in [0.2, 0.25) is 0 Å². The Morgan fingerprint density at radius 1 is 1.11 bits per heavy atom. The number of carbonyl (C=O) groups excluding carboxylic acids is 2. The summed E-state index contributed by atoms with van der Waals surface area (Å²) in [6, 6.07) is 6.83. The van der Waals surface area contributed by atoms with Crippen molar-refractivity contribution < 1.29 is 14.3 Å². The van der Waals surface area contributed by atoms with Crippen LogP contribution in [0.25, 0.3) is 0 Å². The van der Waals surface area contributed by atoms with Crippen LogP contribution in [0.1, 0.15) is 54.8 Å². The van der Waals surface area contributed by atoms with Gasteiger partial charge in [0.25, 0.3) is 0 Å². The minimum Gasteiger partial charge on any atom is -0.462 e. The highest BCUT2D eigenvalue weighted by Crippen LogP contribution is 2.27. The molecule has 0 aliphatic rings. The van der Waals surface area contributed by atoms with Gasteiger partial charge in [-0.2, -0.15) is 0 Å². The number of esters is 1. The van der Waals surface area contributed by atoms with E-state index in [1.165, 1.54) is 0 Å². The maximum absolute atomic E-state index is 12.4. The number of hydrogen-bond acceptors (Lipinski definition) is 3. The number of Topliss-reactive ketones (excluding diaryl/α,β-unsaturated/α-hetero) is 1. The Balaban J connectivity index is 3.17. The smallest absolute Gasteiger partial charge is 0.338 e. The summed E-state index contributed by atoms with van der Waals surface area (Å²) in [5.74, 6) is -0.456. The Bertz CT molecular complexity index is 447. The molecule has 0 N–H and O–H groups in total. The average Bonchev–Trinajstić information content (AvgIpc) is 2.38. The molecule has 0 aliphatic heterocycles. The summed E-state index contributed by atoms with van der Waals surface area (Å²) >= 11 is 0. The Labute approximate surface area is 108 Å². The van der Waals surface area contributed by atoms with E-state index in [-0.39, 0.29) is 5.78 Å². The molecule has 0 aliphatic carbocycles. The molecule has 1 aromatic rings. The summed E-state index contributed by atoms with van der Waals surface area (Å²) in [6.07, 6.45) is 0.725. The maximum atomic E-state index is 12.4. The zero-order chi connectivity index (χ0) is 13.8. The van der Waals surface area contributed by atoms with Crippen molar-refractivity contribution in [3.05, 3.63) is 35.4 Å². The van der Waals surface area contributed by atoms with E-state index in [9.17, 15) is 9.59 Å². The first-order valence-corrected chi connectivity index (χ1v) is 6.25. The number of benzene rings is 1. The van der Waals surface area contributed by atoms with Gasteiger partial charge in [-0.1, -0.05) is 39.0 Å². The van der Waals surface area contributed by atoms with Gasteiger partial charge >= 0.3 is 5.97 Å². The van der Waals surface area contributed by atoms with Gasteiger partial charge in [0.1, 0.15) is 0 Å². The maximum Gasteiger partial charge on any atom is 0.338 e. The molecule has 3 heteroatoms. The van der Waals surface area contributed by atoms with Crippen molar-refractivity contribution in [1.29, 1.82) is 0 Å². The Hall–Kier alpha value is -1.64. The Morgan fingerprint density at radius 2 is 1.67 bits per heavy atom. The molecule has 0 radical (unpaired) electrons. The van der Waals surface area contributed by atoms with Crippen LogP contribution in [0.15, 0.2) is 24.3 Å². The molecule has 1 rings (SSSR count). The fourth-order valence-electron chi connectivity index (χ4n) is 1.59. The van der Waals surface area contributed by atoms with E-state index >= 15 is 0 Å². The second-order valence-corrected chi connectivity index (χ2v) is 4.83. The third-order valence-corrected chi connectivity index (χ3v) is 3.17. The van der Waals surface area contributed by atoms with Crippen molar-refractivity contribution in [2.24, 2.45) is 5.41 Å². The van der Waals surface area contributed by atoms with E-state index in [4.69, 9.17) is 4.74 Å². The second-order valence-electron chi connectivity index (χ2n) is 4.83. The highest BCUT2D eigenvalue weighted by Gasteiger charge is 2.29. The van der Waals surface area contributed by atoms with E-state index in [2.05, 4.69) is 0 Å². The lowest BCUT2D eigenvalue weighted by molar-refractivity contribution is 0.0521. The summed E-state index contributed by atoms with van der Waals surface area (Å²) in [5, 5.41) is 0.